The average molecular weight is 464 g/mol. The third-order valence-corrected chi connectivity index (χ3v) is 6.56. The first-order chi connectivity index (χ1) is 15.4. The quantitative estimate of drug-likeness (QED) is 0.542. The Morgan fingerprint density at radius 3 is 2.66 bits per heavy atom. The molecular weight excluding hydrogens is 436 g/mol. The van der Waals surface area contributed by atoms with Gasteiger partial charge in [0.15, 0.2) is 0 Å². The standard InChI is InChI=1S/C23H27F2N3O3S/c1-16(31-14-13-30-2)22(29)28-23(11-6-12-26,17-7-4-3-5-8-17)32-21(27-28)19-15-18(24)9-10-20(19)25/h3-5,7-10,15-16H,6,11-14,26H2,1-2H3/t16-,23?/m0/s1. The van der Waals surface area contributed by atoms with Crippen molar-refractivity contribution in [2.75, 3.05) is 26.9 Å². The van der Waals surface area contributed by atoms with Crippen molar-refractivity contribution in [1.82, 2.24) is 5.01 Å². The SMILES string of the molecule is COCCO[C@@H](C)C(=O)N1N=C(c2cc(F)ccc2F)SC1(CCCN)c1ccccc1. The van der Waals surface area contributed by atoms with Gasteiger partial charge in [-0.1, -0.05) is 42.1 Å². The Morgan fingerprint density at radius 2 is 1.97 bits per heavy atom. The Labute approximate surface area is 190 Å². The summed E-state index contributed by atoms with van der Waals surface area (Å²) in [7, 11) is 1.55. The maximum absolute atomic E-state index is 14.6. The zero-order chi connectivity index (χ0) is 23.1. The number of carbonyl (C=O) groups is 1. The van der Waals surface area contributed by atoms with Gasteiger partial charge in [0, 0.05) is 12.7 Å². The van der Waals surface area contributed by atoms with Crippen molar-refractivity contribution in [3.63, 3.8) is 0 Å². The van der Waals surface area contributed by atoms with E-state index in [1.54, 1.807) is 14.0 Å². The molecular formula is C23H27F2N3O3S. The summed E-state index contributed by atoms with van der Waals surface area (Å²) in [6, 6.07) is 12.6. The van der Waals surface area contributed by atoms with Gasteiger partial charge in [-0.05, 0) is 50.1 Å². The maximum Gasteiger partial charge on any atom is 0.273 e. The number of ether oxygens (including phenoxy) is 2. The molecule has 0 saturated carbocycles. The fourth-order valence-electron chi connectivity index (χ4n) is 3.47. The third kappa shape index (κ3) is 5.17. The van der Waals surface area contributed by atoms with Crippen LogP contribution in [0.5, 0.6) is 0 Å². The molecule has 32 heavy (non-hydrogen) atoms. The van der Waals surface area contributed by atoms with Crippen molar-refractivity contribution in [1.29, 1.82) is 0 Å². The van der Waals surface area contributed by atoms with Crippen LogP contribution in [0.1, 0.15) is 30.9 Å². The minimum Gasteiger partial charge on any atom is -0.382 e. The molecule has 0 bridgehead atoms. The molecule has 6 nitrogen and oxygen atoms in total. The van der Waals surface area contributed by atoms with Gasteiger partial charge in [0.25, 0.3) is 5.91 Å². The number of thioether (sulfide) groups is 1. The van der Waals surface area contributed by atoms with Crippen molar-refractivity contribution >= 4 is 22.7 Å². The number of rotatable bonds is 10. The summed E-state index contributed by atoms with van der Waals surface area (Å²) in [6.45, 7) is 2.62. The van der Waals surface area contributed by atoms with Crippen LogP contribution in [-0.4, -0.2) is 48.9 Å². The zero-order valence-electron chi connectivity index (χ0n) is 18.1. The first kappa shape index (κ1) is 24.3. The molecule has 0 fully saturated rings. The van der Waals surface area contributed by atoms with E-state index < -0.39 is 22.6 Å². The van der Waals surface area contributed by atoms with Crippen LogP contribution < -0.4 is 5.73 Å². The number of benzene rings is 2. The van der Waals surface area contributed by atoms with Crippen LogP contribution in [0.3, 0.4) is 0 Å². The summed E-state index contributed by atoms with van der Waals surface area (Å²) in [4.78, 5) is 12.5. The van der Waals surface area contributed by atoms with Gasteiger partial charge in [0.05, 0.1) is 13.2 Å². The van der Waals surface area contributed by atoms with E-state index in [1.165, 1.54) is 16.8 Å². The van der Waals surface area contributed by atoms with Gasteiger partial charge in [-0.2, -0.15) is 5.10 Å². The lowest BCUT2D eigenvalue weighted by Gasteiger charge is -2.37. The fourth-order valence-corrected chi connectivity index (χ4v) is 4.89. The lowest BCUT2D eigenvalue weighted by atomic mass is 10.00. The molecule has 2 aromatic rings. The smallest absolute Gasteiger partial charge is 0.273 e. The molecule has 0 saturated heterocycles. The van der Waals surface area contributed by atoms with Crippen molar-refractivity contribution in [3.05, 3.63) is 71.3 Å². The Bertz CT molecular complexity index is 961. The highest BCUT2D eigenvalue weighted by atomic mass is 32.2. The van der Waals surface area contributed by atoms with Crippen molar-refractivity contribution in [3.8, 4) is 0 Å². The fraction of sp³-hybridized carbons (Fsp3) is 0.391. The minimum atomic E-state index is -0.968. The van der Waals surface area contributed by atoms with E-state index in [-0.39, 0.29) is 23.1 Å². The minimum absolute atomic E-state index is 0.00584. The highest BCUT2D eigenvalue weighted by Gasteiger charge is 2.49. The molecule has 0 aromatic heterocycles. The summed E-state index contributed by atoms with van der Waals surface area (Å²) in [5, 5.41) is 6.07. The molecule has 2 aromatic carbocycles. The second-order valence-corrected chi connectivity index (χ2v) is 8.60. The molecule has 172 valence electrons. The largest absolute Gasteiger partial charge is 0.382 e. The van der Waals surface area contributed by atoms with Gasteiger partial charge in [-0.15, -0.1) is 0 Å². The molecule has 0 aliphatic carbocycles. The Kier molecular flexibility index (Phi) is 8.36. The Hall–Kier alpha value is -2.33. The van der Waals surface area contributed by atoms with E-state index in [1.807, 2.05) is 30.3 Å². The summed E-state index contributed by atoms with van der Waals surface area (Å²) in [6.07, 6.45) is 0.254. The molecule has 1 aliphatic heterocycles. The number of halogens is 2. The van der Waals surface area contributed by atoms with Crippen LogP contribution >= 0.6 is 11.8 Å². The topological polar surface area (TPSA) is 77.2 Å². The molecule has 0 spiro atoms. The van der Waals surface area contributed by atoms with Crippen molar-refractivity contribution in [2.45, 2.75) is 30.7 Å². The van der Waals surface area contributed by atoms with Crippen molar-refractivity contribution < 1.29 is 23.0 Å². The van der Waals surface area contributed by atoms with Gasteiger partial charge < -0.3 is 15.2 Å². The van der Waals surface area contributed by atoms with Crippen LogP contribution in [0.4, 0.5) is 8.78 Å². The molecule has 1 heterocycles. The Balaban J connectivity index is 2.07. The highest BCUT2D eigenvalue weighted by Crippen LogP contribution is 2.50. The van der Waals surface area contributed by atoms with Gasteiger partial charge in [0.1, 0.15) is 27.7 Å². The van der Waals surface area contributed by atoms with Crippen LogP contribution in [0.25, 0.3) is 0 Å². The monoisotopic (exact) mass is 463 g/mol. The molecule has 3 rings (SSSR count). The molecule has 9 heteroatoms. The number of hydrogen-bond donors (Lipinski definition) is 1. The maximum atomic E-state index is 14.6. The van der Waals surface area contributed by atoms with Gasteiger partial charge in [-0.25, -0.2) is 13.8 Å². The second kappa shape index (κ2) is 11.0. The van der Waals surface area contributed by atoms with Crippen molar-refractivity contribution in [2.24, 2.45) is 10.8 Å². The summed E-state index contributed by atoms with van der Waals surface area (Å²) in [5.74, 6) is -1.59. The van der Waals surface area contributed by atoms with Gasteiger partial charge >= 0.3 is 0 Å². The molecule has 0 radical (unpaired) electrons. The van der Waals surface area contributed by atoms with Crippen LogP contribution in [-0.2, 0) is 19.1 Å². The normalized spacial score (nSPS) is 19.2. The summed E-state index contributed by atoms with van der Waals surface area (Å²) >= 11 is 1.22. The lowest BCUT2D eigenvalue weighted by Crippen LogP contribution is -2.46. The first-order valence-corrected chi connectivity index (χ1v) is 11.2. The molecule has 1 amide bonds. The number of hydrogen-bond acceptors (Lipinski definition) is 6. The number of nitrogens with zero attached hydrogens (tertiary/aromatic N) is 2. The number of nitrogens with two attached hydrogens (primary N) is 1. The second-order valence-electron chi connectivity index (χ2n) is 7.33. The molecule has 2 atom stereocenters. The number of carbonyl (C=O) groups excluding carboxylic acids is 1. The van der Waals surface area contributed by atoms with E-state index in [0.29, 0.717) is 26.0 Å². The van der Waals surface area contributed by atoms with E-state index in [4.69, 9.17) is 15.2 Å². The van der Waals surface area contributed by atoms with Crippen LogP contribution in [0.15, 0.2) is 53.6 Å². The predicted octanol–water partition coefficient (Wildman–Crippen LogP) is 3.85. The molecule has 1 aliphatic rings. The first-order valence-electron chi connectivity index (χ1n) is 10.4. The van der Waals surface area contributed by atoms with Crippen LogP contribution in [0.2, 0.25) is 0 Å². The van der Waals surface area contributed by atoms with E-state index in [0.717, 1.165) is 23.8 Å². The van der Waals surface area contributed by atoms with E-state index >= 15 is 0 Å². The van der Waals surface area contributed by atoms with E-state index in [9.17, 15) is 13.6 Å². The highest BCUT2D eigenvalue weighted by molar-refractivity contribution is 8.15. The number of amides is 1. The average Bonchev–Trinajstić information content (AvgIpc) is 3.20. The van der Waals surface area contributed by atoms with E-state index in [2.05, 4.69) is 5.10 Å². The lowest BCUT2D eigenvalue weighted by molar-refractivity contribution is -0.147. The Morgan fingerprint density at radius 1 is 1.22 bits per heavy atom. The third-order valence-electron chi connectivity index (χ3n) is 5.11. The zero-order valence-corrected chi connectivity index (χ0v) is 18.9. The molecule has 2 N–H and O–H groups in total. The number of hydrazone groups is 1. The summed E-state index contributed by atoms with van der Waals surface area (Å²) < 4.78 is 39.1. The summed E-state index contributed by atoms with van der Waals surface area (Å²) in [5.41, 5.74) is 6.61. The van der Waals surface area contributed by atoms with Gasteiger partial charge in [0.2, 0.25) is 0 Å². The predicted molar refractivity (Wildman–Crippen MR) is 121 cm³/mol. The van der Waals surface area contributed by atoms with Crippen LogP contribution in [0, 0.1) is 11.6 Å². The molecule has 1 unspecified atom stereocenters. The number of methoxy groups -OCH3 is 1. The van der Waals surface area contributed by atoms with Gasteiger partial charge in [-0.3, -0.25) is 4.79 Å².